The molecule has 0 aliphatic carbocycles. The molecule has 1 amide bonds. The van der Waals surface area contributed by atoms with Crippen molar-refractivity contribution in [3.8, 4) is 5.75 Å². The van der Waals surface area contributed by atoms with E-state index in [4.69, 9.17) is 0 Å². The minimum atomic E-state index is -0.198. The number of carbonyl (C=O) groups excluding carboxylic acids is 1. The van der Waals surface area contributed by atoms with Crippen LogP contribution in [0.4, 0.5) is 5.69 Å². The molecule has 0 aliphatic rings. The standard InChI is InChI=1S/C20H31NO2/c1-9-19(5,6)15-11-14(21-18(23)13(3)4)12-16(17(15)22)20(7,8)10-2/h11-12,22H,3,9-10H2,1-2,4-8H3,(H,21,23). The number of benzene rings is 1. The number of hydrogen-bond acceptors (Lipinski definition) is 2. The van der Waals surface area contributed by atoms with E-state index in [0.29, 0.717) is 17.0 Å². The smallest absolute Gasteiger partial charge is 0.250 e. The topological polar surface area (TPSA) is 49.3 Å². The molecule has 0 atom stereocenters. The summed E-state index contributed by atoms with van der Waals surface area (Å²) in [6.07, 6.45) is 1.79. The van der Waals surface area contributed by atoms with Gasteiger partial charge in [0.05, 0.1) is 0 Å². The summed E-state index contributed by atoms with van der Waals surface area (Å²) in [7, 11) is 0. The first kappa shape index (κ1) is 19.3. The van der Waals surface area contributed by atoms with Crippen LogP contribution in [0, 0.1) is 0 Å². The van der Waals surface area contributed by atoms with Crippen LogP contribution >= 0.6 is 0 Å². The van der Waals surface area contributed by atoms with Gasteiger partial charge in [0.1, 0.15) is 5.75 Å². The third-order valence-electron chi connectivity index (χ3n) is 4.98. The van der Waals surface area contributed by atoms with Gasteiger partial charge in [-0.1, -0.05) is 48.1 Å². The first-order valence-corrected chi connectivity index (χ1v) is 8.31. The molecule has 1 aromatic rings. The average molecular weight is 317 g/mol. The van der Waals surface area contributed by atoms with E-state index in [2.05, 4.69) is 53.4 Å². The Hall–Kier alpha value is -1.77. The lowest BCUT2D eigenvalue weighted by Crippen LogP contribution is -2.22. The van der Waals surface area contributed by atoms with Gasteiger partial charge >= 0.3 is 0 Å². The lowest BCUT2D eigenvalue weighted by Gasteiger charge is -2.31. The second-order valence-corrected chi connectivity index (χ2v) is 7.63. The number of amides is 1. The molecular weight excluding hydrogens is 286 g/mol. The van der Waals surface area contributed by atoms with Crippen molar-refractivity contribution < 1.29 is 9.90 Å². The summed E-state index contributed by atoms with van der Waals surface area (Å²) in [6, 6.07) is 3.77. The van der Waals surface area contributed by atoms with Crippen LogP contribution in [0.25, 0.3) is 0 Å². The van der Waals surface area contributed by atoms with Gasteiger partial charge in [-0.3, -0.25) is 4.79 Å². The largest absolute Gasteiger partial charge is 0.507 e. The number of aromatic hydroxyl groups is 1. The molecule has 0 saturated heterocycles. The summed E-state index contributed by atoms with van der Waals surface area (Å²) in [5.74, 6) is 0.147. The van der Waals surface area contributed by atoms with E-state index in [9.17, 15) is 9.90 Å². The molecule has 1 aromatic carbocycles. The molecule has 2 N–H and O–H groups in total. The highest BCUT2D eigenvalue weighted by atomic mass is 16.3. The summed E-state index contributed by atoms with van der Waals surface area (Å²) in [5, 5.41) is 13.8. The monoisotopic (exact) mass is 317 g/mol. The molecule has 23 heavy (non-hydrogen) atoms. The summed E-state index contributed by atoms with van der Waals surface area (Å²) in [4.78, 5) is 12.0. The molecule has 0 aromatic heterocycles. The Labute approximate surface area is 140 Å². The van der Waals surface area contributed by atoms with Crippen LogP contribution in [0.3, 0.4) is 0 Å². The Morgan fingerprint density at radius 1 is 1.09 bits per heavy atom. The van der Waals surface area contributed by atoms with E-state index in [0.717, 1.165) is 24.0 Å². The highest BCUT2D eigenvalue weighted by molar-refractivity contribution is 6.03. The van der Waals surface area contributed by atoms with Gasteiger partial charge in [0.25, 0.3) is 5.91 Å². The molecule has 1 rings (SSSR count). The maximum Gasteiger partial charge on any atom is 0.250 e. The molecule has 0 fully saturated rings. The van der Waals surface area contributed by atoms with Crippen molar-refractivity contribution >= 4 is 11.6 Å². The van der Waals surface area contributed by atoms with Crippen LogP contribution in [-0.4, -0.2) is 11.0 Å². The van der Waals surface area contributed by atoms with Crippen molar-refractivity contribution in [2.75, 3.05) is 5.32 Å². The molecule has 0 saturated carbocycles. The van der Waals surface area contributed by atoms with Gasteiger partial charge in [0, 0.05) is 22.4 Å². The van der Waals surface area contributed by atoms with Crippen LogP contribution in [0.15, 0.2) is 24.3 Å². The molecule has 0 heterocycles. The van der Waals surface area contributed by atoms with Crippen LogP contribution in [0.2, 0.25) is 0 Å². The Bertz CT molecular complexity index is 575. The first-order chi connectivity index (χ1) is 10.5. The van der Waals surface area contributed by atoms with Crippen molar-refractivity contribution in [1.82, 2.24) is 0 Å². The maximum atomic E-state index is 12.0. The lowest BCUT2D eigenvalue weighted by atomic mass is 9.75. The molecule has 128 valence electrons. The van der Waals surface area contributed by atoms with E-state index >= 15 is 0 Å². The zero-order valence-electron chi connectivity index (χ0n) is 15.6. The van der Waals surface area contributed by atoms with Gasteiger partial charge in [0.2, 0.25) is 0 Å². The quantitative estimate of drug-likeness (QED) is 0.554. The number of phenols is 1. The van der Waals surface area contributed by atoms with Crippen molar-refractivity contribution in [2.24, 2.45) is 0 Å². The van der Waals surface area contributed by atoms with Crippen molar-refractivity contribution in [1.29, 1.82) is 0 Å². The van der Waals surface area contributed by atoms with Gasteiger partial charge in [-0.25, -0.2) is 0 Å². The van der Waals surface area contributed by atoms with Gasteiger partial charge in [-0.15, -0.1) is 0 Å². The highest BCUT2D eigenvalue weighted by Gasteiger charge is 2.30. The van der Waals surface area contributed by atoms with Gasteiger partial charge in [0.15, 0.2) is 0 Å². The van der Waals surface area contributed by atoms with Crippen molar-refractivity contribution in [2.45, 2.75) is 72.1 Å². The van der Waals surface area contributed by atoms with Crippen LogP contribution in [0.5, 0.6) is 5.75 Å². The number of rotatable bonds is 6. The number of carbonyl (C=O) groups is 1. The van der Waals surface area contributed by atoms with E-state index < -0.39 is 0 Å². The third kappa shape index (κ3) is 4.15. The number of anilines is 1. The first-order valence-electron chi connectivity index (χ1n) is 8.31. The fourth-order valence-electron chi connectivity index (χ4n) is 2.36. The molecule has 0 radical (unpaired) electrons. The third-order valence-corrected chi connectivity index (χ3v) is 4.98. The predicted octanol–water partition coefficient (Wildman–Crippen LogP) is 5.28. The summed E-state index contributed by atoms with van der Waals surface area (Å²) in [5.41, 5.74) is 2.57. The summed E-state index contributed by atoms with van der Waals surface area (Å²) >= 11 is 0. The van der Waals surface area contributed by atoms with E-state index in [1.165, 1.54) is 0 Å². The molecule has 3 nitrogen and oxygen atoms in total. The van der Waals surface area contributed by atoms with Gasteiger partial charge in [-0.2, -0.15) is 0 Å². The Kier molecular flexibility index (Phi) is 5.68. The number of nitrogens with one attached hydrogen (secondary N) is 1. The van der Waals surface area contributed by atoms with Gasteiger partial charge < -0.3 is 10.4 Å². The Balaban J connectivity index is 3.56. The molecule has 0 bridgehead atoms. The zero-order valence-corrected chi connectivity index (χ0v) is 15.6. The van der Waals surface area contributed by atoms with E-state index in [1.54, 1.807) is 6.92 Å². The summed E-state index contributed by atoms with van der Waals surface area (Å²) in [6.45, 7) is 18.0. The second kappa shape index (κ2) is 6.77. The van der Waals surface area contributed by atoms with Crippen molar-refractivity contribution in [3.05, 3.63) is 35.4 Å². The minimum absolute atomic E-state index is 0.174. The summed E-state index contributed by atoms with van der Waals surface area (Å²) < 4.78 is 0. The molecule has 3 heteroatoms. The second-order valence-electron chi connectivity index (χ2n) is 7.63. The fourth-order valence-corrected chi connectivity index (χ4v) is 2.36. The normalized spacial score (nSPS) is 12.1. The SMILES string of the molecule is C=C(C)C(=O)Nc1cc(C(C)(C)CC)c(O)c(C(C)(C)CC)c1. The maximum absolute atomic E-state index is 12.0. The van der Waals surface area contributed by atoms with Gasteiger partial charge in [-0.05, 0) is 42.7 Å². The number of phenolic OH excluding ortho intramolecular Hbond substituents is 1. The van der Waals surface area contributed by atoms with Crippen LogP contribution < -0.4 is 5.32 Å². The van der Waals surface area contributed by atoms with Crippen molar-refractivity contribution in [3.63, 3.8) is 0 Å². The highest BCUT2D eigenvalue weighted by Crippen LogP contribution is 2.43. The van der Waals surface area contributed by atoms with Crippen LogP contribution in [-0.2, 0) is 15.6 Å². The average Bonchev–Trinajstić information content (AvgIpc) is 2.48. The van der Waals surface area contributed by atoms with E-state index in [1.807, 2.05) is 12.1 Å². The van der Waals surface area contributed by atoms with Crippen LogP contribution in [0.1, 0.15) is 72.4 Å². The minimum Gasteiger partial charge on any atom is -0.507 e. The molecule has 0 spiro atoms. The Morgan fingerprint density at radius 3 is 1.78 bits per heavy atom. The predicted molar refractivity (Wildman–Crippen MR) is 98.2 cm³/mol. The molecular formula is C20H31NO2. The number of hydrogen-bond donors (Lipinski definition) is 2. The van der Waals surface area contributed by atoms with E-state index in [-0.39, 0.29) is 16.7 Å². The zero-order chi connectivity index (χ0) is 18.0. The lowest BCUT2D eigenvalue weighted by molar-refractivity contribution is -0.112. The Morgan fingerprint density at radius 2 is 1.48 bits per heavy atom. The fraction of sp³-hybridized carbons (Fsp3) is 0.550. The molecule has 0 unspecified atom stereocenters. The molecule has 0 aliphatic heterocycles.